The summed E-state index contributed by atoms with van der Waals surface area (Å²) in [4.78, 5) is 15.4. The highest BCUT2D eigenvalue weighted by molar-refractivity contribution is 7.26. The molecule has 4 nitrogen and oxygen atoms in total. The van der Waals surface area contributed by atoms with E-state index in [4.69, 9.17) is 19.4 Å². The Labute approximate surface area is 325 Å². The minimum atomic E-state index is 0.603. The first kappa shape index (κ1) is 31.2. The Balaban J connectivity index is 1.04. The van der Waals surface area contributed by atoms with Crippen molar-refractivity contribution in [2.75, 3.05) is 0 Å². The van der Waals surface area contributed by atoms with Crippen molar-refractivity contribution in [3.05, 3.63) is 176 Å². The normalized spacial score (nSPS) is 11.9. The summed E-state index contributed by atoms with van der Waals surface area (Å²) < 4.78 is 9.24. The first-order valence-corrected chi connectivity index (χ1v) is 19.6. The Hall–Kier alpha value is -7.21. The molecule has 0 fully saturated rings. The van der Waals surface area contributed by atoms with Crippen LogP contribution in [0, 0.1) is 0 Å². The molecule has 0 spiro atoms. The smallest absolute Gasteiger partial charge is 0.164 e. The fraction of sp³-hybridized carbons (Fsp3) is 0. The van der Waals surface area contributed by atoms with Gasteiger partial charge in [-0.1, -0.05) is 133 Å². The summed E-state index contributed by atoms with van der Waals surface area (Å²) >= 11 is 1.85. The van der Waals surface area contributed by atoms with E-state index in [0.29, 0.717) is 17.5 Å². The summed E-state index contributed by atoms with van der Waals surface area (Å²) in [7, 11) is 0. The van der Waals surface area contributed by atoms with Gasteiger partial charge in [-0.3, -0.25) is 0 Å². The van der Waals surface area contributed by atoms with Crippen molar-refractivity contribution in [2.45, 2.75) is 0 Å². The second-order valence-corrected chi connectivity index (χ2v) is 15.4. The number of hydrogen-bond donors (Lipinski definition) is 0. The standard InChI is InChI=1S/C51H29N3OS/c1-2-11-32(12-3-1)49-52-50(36-23-22-31-21-20-30-10-6-7-15-37(30)41(31)27-36)54-51(53-49)40-17-8-18-43-47(40)39-25-24-35(28-44(39)55-43)38-16-9-19-45-48(38)42-26-33-13-4-5-14-34(33)29-46(42)56-45/h1-29H. The van der Waals surface area contributed by atoms with Crippen molar-refractivity contribution >= 4 is 85.8 Å². The predicted molar refractivity (Wildman–Crippen MR) is 234 cm³/mol. The zero-order valence-electron chi connectivity index (χ0n) is 29.9. The van der Waals surface area contributed by atoms with Gasteiger partial charge in [0.15, 0.2) is 17.5 Å². The van der Waals surface area contributed by atoms with Crippen molar-refractivity contribution in [3.8, 4) is 45.3 Å². The summed E-state index contributed by atoms with van der Waals surface area (Å²) in [6.07, 6.45) is 0. The van der Waals surface area contributed by atoms with Crippen LogP contribution in [0.25, 0.3) is 120 Å². The molecule has 3 aromatic heterocycles. The van der Waals surface area contributed by atoms with Crippen LogP contribution in [0.15, 0.2) is 180 Å². The lowest BCUT2D eigenvalue weighted by molar-refractivity contribution is 0.669. The number of nitrogens with zero attached hydrogens (tertiary/aromatic N) is 3. The minimum Gasteiger partial charge on any atom is -0.456 e. The number of thiophene rings is 1. The molecule has 260 valence electrons. The lowest BCUT2D eigenvalue weighted by atomic mass is 9.97. The van der Waals surface area contributed by atoms with Gasteiger partial charge in [0.25, 0.3) is 0 Å². The molecular formula is C51H29N3OS. The molecule has 0 bridgehead atoms. The van der Waals surface area contributed by atoms with Crippen LogP contribution in [0.5, 0.6) is 0 Å². The number of rotatable bonds is 4. The van der Waals surface area contributed by atoms with E-state index in [2.05, 4.69) is 133 Å². The van der Waals surface area contributed by atoms with Gasteiger partial charge < -0.3 is 4.42 Å². The van der Waals surface area contributed by atoms with Crippen LogP contribution in [0.1, 0.15) is 0 Å². The second-order valence-electron chi connectivity index (χ2n) is 14.4. The Morgan fingerprint density at radius 3 is 1.89 bits per heavy atom. The van der Waals surface area contributed by atoms with E-state index >= 15 is 0 Å². The van der Waals surface area contributed by atoms with E-state index in [1.54, 1.807) is 0 Å². The topological polar surface area (TPSA) is 51.8 Å². The number of furan rings is 1. The predicted octanol–water partition coefficient (Wildman–Crippen LogP) is 14.3. The third-order valence-electron chi connectivity index (χ3n) is 11.1. The molecule has 0 aliphatic carbocycles. The molecule has 56 heavy (non-hydrogen) atoms. The second kappa shape index (κ2) is 12.2. The van der Waals surface area contributed by atoms with Gasteiger partial charge in [0.05, 0.1) is 0 Å². The van der Waals surface area contributed by atoms with Gasteiger partial charge in [-0.2, -0.15) is 0 Å². The van der Waals surface area contributed by atoms with Crippen LogP contribution in [0.2, 0.25) is 0 Å². The zero-order chi connectivity index (χ0) is 36.7. The highest BCUT2D eigenvalue weighted by Crippen LogP contribution is 2.44. The Bertz CT molecular complexity index is 3550. The van der Waals surface area contributed by atoms with Crippen LogP contribution in [0.4, 0.5) is 0 Å². The summed E-state index contributed by atoms with van der Waals surface area (Å²) in [5.41, 5.74) is 6.71. The Kier molecular flexibility index (Phi) is 6.76. The van der Waals surface area contributed by atoms with Crippen LogP contribution in [0.3, 0.4) is 0 Å². The van der Waals surface area contributed by atoms with Gasteiger partial charge >= 0.3 is 0 Å². The molecule has 0 N–H and O–H groups in total. The van der Waals surface area contributed by atoms with Gasteiger partial charge in [-0.15, -0.1) is 11.3 Å². The number of hydrogen-bond acceptors (Lipinski definition) is 5. The average molecular weight is 732 g/mol. The quantitative estimate of drug-likeness (QED) is 0.169. The van der Waals surface area contributed by atoms with Gasteiger partial charge in [-0.05, 0) is 85.9 Å². The van der Waals surface area contributed by atoms with Crippen molar-refractivity contribution in [1.82, 2.24) is 15.0 Å². The number of aromatic nitrogens is 3. The maximum Gasteiger partial charge on any atom is 0.164 e. The van der Waals surface area contributed by atoms with Gasteiger partial charge in [-0.25, -0.2) is 15.0 Å². The Morgan fingerprint density at radius 2 is 1.02 bits per heavy atom. The first-order chi connectivity index (χ1) is 27.7. The molecule has 0 atom stereocenters. The van der Waals surface area contributed by atoms with Gasteiger partial charge in [0.1, 0.15) is 11.2 Å². The molecule has 5 heteroatoms. The third-order valence-corrected chi connectivity index (χ3v) is 12.2. The van der Waals surface area contributed by atoms with Gasteiger partial charge in [0, 0.05) is 47.6 Å². The molecule has 12 aromatic rings. The molecule has 0 unspecified atom stereocenters. The molecule has 12 rings (SSSR count). The van der Waals surface area contributed by atoms with Crippen LogP contribution in [-0.2, 0) is 0 Å². The molecule has 0 radical (unpaired) electrons. The number of benzene rings is 9. The lowest BCUT2D eigenvalue weighted by Crippen LogP contribution is -2.00. The van der Waals surface area contributed by atoms with Crippen molar-refractivity contribution < 1.29 is 4.42 Å². The molecule has 0 saturated heterocycles. The Morgan fingerprint density at radius 1 is 0.339 bits per heavy atom. The highest BCUT2D eigenvalue weighted by atomic mass is 32.1. The third kappa shape index (κ3) is 4.88. The van der Waals surface area contributed by atoms with Crippen LogP contribution < -0.4 is 0 Å². The number of fused-ring (bicyclic) bond motifs is 10. The van der Waals surface area contributed by atoms with Crippen molar-refractivity contribution in [2.24, 2.45) is 0 Å². The van der Waals surface area contributed by atoms with Crippen molar-refractivity contribution in [1.29, 1.82) is 0 Å². The van der Waals surface area contributed by atoms with Crippen LogP contribution >= 0.6 is 11.3 Å². The van der Waals surface area contributed by atoms with Crippen molar-refractivity contribution in [3.63, 3.8) is 0 Å². The van der Waals surface area contributed by atoms with E-state index < -0.39 is 0 Å². The first-order valence-electron chi connectivity index (χ1n) is 18.8. The largest absolute Gasteiger partial charge is 0.456 e. The minimum absolute atomic E-state index is 0.603. The van der Waals surface area contributed by atoms with E-state index in [9.17, 15) is 0 Å². The molecule has 0 amide bonds. The summed E-state index contributed by atoms with van der Waals surface area (Å²) in [6.45, 7) is 0. The lowest BCUT2D eigenvalue weighted by Gasteiger charge is -2.10. The molecular weight excluding hydrogens is 703 g/mol. The molecule has 0 saturated carbocycles. The summed E-state index contributed by atoms with van der Waals surface area (Å²) in [6, 6.07) is 62.1. The summed E-state index contributed by atoms with van der Waals surface area (Å²) in [5, 5.41) is 11.8. The fourth-order valence-corrected chi connectivity index (χ4v) is 9.58. The molecule has 3 heterocycles. The molecule has 9 aromatic carbocycles. The highest BCUT2D eigenvalue weighted by Gasteiger charge is 2.20. The van der Waals surface area contributed by atoms with E-state index in [1.165, 1.54) is 58.1 Å². The van der Waals surface area contributed by atoms with Crippen LogP contribution in [-0.4, -0.2) is 15.0 Å². The zero-order valence-corrected chi connectivity index (χ0v) is 30.7. The van der Waals surface area contributed by atoms with E-state index in [1.807, 2.05) is 53.8 Å². The SMILES string of the molecule is c1ccc(-c2nc(-c3ccc4ccc5ccccc5c4c3)nc(-c3cccc4oc5cc(-c6cccc7sc8cc9ccccc9cc8c67)ccc5c34)n2)cc1. The fourth-order valence-electron chi connectivity index (χ4n) is 8.41. The molecule has 0 aliphatic heterocycles. The van der Waals surface area contributed by atoms with E-state index in [-0.39, 0.29) is 0 Å². The summed E-state index contributed by atoms with van der Waals surface area (Å²) in [5.74, 6) is 1.85. The average Bonchev–Trinajstić information content (AvgIpc) is 3.83. The van der Waals surface area contributed by atoms with Gasteiger partial charge in [0.2, 0.25) is 0 Å². The monoisotopic (exact) mass is 731 g/mol. The van der Waals surface area contributed by atoms with E-state index in [0.717, 1.165) is 44.2 Å². The maximum absolute atomic E-state index is 6.67. The molecule has 0 aliphatic rings. The maximum atomic E-state index is 6.67.